The molecule has 1 saturated heterocycles. The molecule has 0 radical (unpaired) electrons. The van der Waals surface area contributed by atoms with Crippen LogP contribution in [0.15, 0.2) is 0 Å². The third-order valence-electron chi connectivity index (χ3n) is 3.32. The van der Waals surface area contributed by atoms with Crippen LogP contribution in [0.1, 0.15) is 26.7 Å². The largest absolute Gasteiger partial charge is 0.376 e. The number of hydrogen-bond acceptors (Lipinski definition) is 2. The molecule has 0 aliphatic carbocycles. The quantitative estimate of drug-likeness (QED) is 0.476. The SMILES string of the molecule is CCCC[N+]1(CCOCC)CCOCC1. The average molecular weight is 216 g/mol. The van der Waals surface area contributed by atoms with E-state index in [4.69, 9.17) is 9.47 Å². The van der Waals surface area contributed by atoms with Crippen LogP contribution in [0.5, 0.6) is 0 Å². The van der Waals surface area contributed by atoms with E-state index in [2.05, 4.69) is 13.8 Å². The summed E-state index contributed by atoms with van der Waals surface area (Å²) in [5.41, 5.74) is 0. The molecule has 0 aromatic heterocycles. The molecule has 1 fully saturated rings. The van der Waals surface area contributed by atoms with Gasteiger partial charge < -0.3 is 14.0 Å². The molecule has 0 amide bonds. The van der Waals surface area contributed by atoms with Crippen LogP contribution in [0.4, 0.5) is 0 Å². The van der Waals surface area contributed by atoms with Gasteiger partial charge in [-0.25, -0.2) is 0 Å². The minimum atomic E-state index is 0.838. The monoisotopic (exact) mass is 216 g/mol. The molecule has 0 aromatic rings. The summed E-state index contributed by atoms with van der Waals surface area (Å²) >= 11 is 0. The zero-order valence-corrected chi connectivity index (χ0v) is 10.3. The molecule has 1 rings (SSSR count). The zero-order chi connectivity index (χ0) is 11.0. The molecule has 15 heavy (non-hydrogen) atoms. The highest BCUT2D eigenvalue weighted by Gasteiger charge is 2.29. The maximum atomic E-state index is 5.48. The topological polar surface area (TPSA) is 18.5 Å². The van der Waals surface area contributed by atoms with Crippen molar-refractivity contribution in [2.75, 3.05) is 52.6 Å². The maximum Gasteiger partial charge on any atom is 0.103 e. The Balaban J connectivity index is 2.35. The van der Waals surface area contributed by atoms with Crippen LogP contribution >= 0.6 is 0 Å². The van der Waals surface area contributed by atoms with Crippen molar-refractivity contribution in [2.45, 2.75) is 26.7 Å². The number of quaternary nitrogens is 1. The summed E-state index contributed by atoms with van der Waals surface area (Å²) in [7, 11) is 0. The third kappa shape index (κ3) is 4.49. The lowest BCUT2D eigenvalue weighted by atomic mass is 10.2. The van der Waals surface area contributed by atoms with Crippen molar-refractivity contribution in [3.63, 3.8) is 0 Å². The fourth-order valence-corrected chi connectivity index (χ4v) is 2.19. The summed E-state index contributed by atoms with van der Waals surface area (Å²) in [5, 5.41) is 0. The maximum absolute atomic E-state index is 5.48. The number of unbranched alkanes of at least 4 members (excludes halogenated alkanes) is 1. The first kappa shape index (κ1) is 12.9. The van der Waals surface area contributed by atoms with E-state index >= 15 is 0 Å². The second kappa shape index (κ2) is 7.20. The standard InChI is InChI=1S/C12H26NO2/c1-3-5-6-13(7-10-14-4-2)8-11-15-12-9-13/h3-12H2,1-2H3/q+1. The summed E-state index contributed by atoms with van der Waals surface area (Å²) in [6.45, 7) is 12.7. The number of hydrogen-bond donors (Lipinski definition) is 0. The van der Waals surface area contributed by atoms with E-state index in [1.54, 1.807) is 0 Å². The van der Waals surface area contributed by atoms with Gasteiger partial charge in [0.1, 0.15) is 19.6 Å². The van der Waals surface area contributed by atoms with E-state index in [9.17, 15) is 0 Å². The molecule has 0 unspecified atom stereocenters. The van der Waals surface area contributed by atoms with Crippen LogP contribution in [0.25, 0.3) is 0 Å². The Morgan fingerprint density at radius 2 is 1.87 bits per heavy atom. The van der Waals surface area contributed by atoms with Gasteiger partial charge >= 0.3 is 0 Å². The van der Waals surface area contributed by atoms with Crippen LogP contribution in [-0.4, -0.2) is 57.1 Å². The smallest absolute Gasteiger partial charge is 0.103 e. The van der Waals surface area contributed by atoms with Gasteiger partial charge in [-0.2, -0.15) is 0 Å². The van der Waals surface area contributed by atoms with E-state index in [1.807, 2.05) is 0 Å². The molecular weight excluding hydrogens is 190 g/mol. The lowest BCUT2D eigenvalue weighted by molar-refractivity contribution is -0.935. The van der Waals surface area contributed by atoms with Crippen molar-refractivity contribution in [3.8, 4) is 0 Å². The first-order valence-electron chi connectivity index (χ1n) is 6.33. The van der Waals surface area contributed by atoms with E-state index < -0.39 is 0 Å². The zero-order valence-electron chi connectivity index (χ0n) is 10.3. The van der Waals surface area contributed by atoms with Crippen molar-refractivity contribution >= 4 is 0 Å². The van der Waals surface area contributed by atoms with Crippen LogP contribution in [0, 0.1) is 0 Å². The van der Waals surface area contributed by atoms with Crippen molar-refractivity contribution in [3.05, 3.63) is 0 Å². The molecule has 90 valence electrons. The van der Waals surface area contributed by atoms with Crippen molar-refractivity contribution in [2.24, 2.45) is 0 Å². The Morgan fingerprint density at radius 3 is 2.47 bits per heavy atom. The van der Waals surface area contributed by atoms with E-state index in [0.29, 0.717) is 0 Å². The number of ether oxygens (including phenoxy) is 2. The Hall–Kier alpha value is -0.120. The summed E-state index contributed by atoms with van der Waals surface area (Å²) in [6.07, 6.45) is 2.61. The molecule has 1 heterocycles. The van der Waals surface area contributed by atoms with Crippen LogP contribution in [0.2, 0.25) is 0 Å². The lowest BCUT2D eigenvalue weighted by Gasteiger charge is -2.41. The number of nitrogens with zero attached hydrogens (tertiary/aromatic N) is 1. The average Bonchev–Trinajstić information content (AvgIpc) is 2.28. The van der Waals surface area contributed by atoms with Gasteiger partial charge in [0.15, 0.2) is 0 Å². The van der Waals surface area contributed by atoms with Gasteiger partial charge in [0.2, 0.25) is 0 Å². The van der Waals surface area contributed by atoms with Crippen LogP contribution in [-0.2, 0) is 9.47 Å². The first-order valence-corrected chi connectivity index (χ1v) is 6.33. The molecule has 0 aromatic carbocycles. The van der Waals surface area contributed by atoms with Crippen molar-refractivity contribution < 1.29 is 14.0 Å². The molecule has 1 aliphatic heterocycles. The minimum absolute atomic E-state index is 0.838. The second-order valence-electron chi connectivity index (χ2n) is 4.40. The van der Waals surface area contributed by atoms with Crippen LogP contribution in [0.3, 0.4) is 0 Å². The molecule has 0 atom stereocenters. The predicted octanol–water partition coefficient (Wildman–Crippen LogP) is 1.67. The second-order valence-corrected chi connectivity index (χ2v) is 4.40. The third-order valence-corrected chi connectivity index (χ3v) is 3.32. The fourth-order valence-electron chi connectivity index (χ4n) is 2.19. The predicted molar refractivity (Wildman–Crippen MR) is 61.9 cm³/mol. The van der Waals surface area contributed by atoms with E-state index in [1.165, 1.54) is 37.0 Å². The van der Waals surface area contributed by atoms with E-state index in [-0.39, 0.29) is 0 Å². The molecule has 3 nitrogen and oxygen atoms in total. The number of rotatable bonds is 7. The highest BCUT2D eigenvalue weighted by molar-refractivity contribution is 4.51. The van der Waals surface area contributed by atoms with Gasteiger partial charge in [-0.1, -0.05) is 13.3 Å². The summed E-state index contributed by atoms with van der Waals surface area (Å²) < 4.78 is 12.2. The Bertz CT molecular complexity index is 156. The molecule has 1 aliphatic rings. The molecule has 3 heteroatoms. The first-order chi connectivity index (χ1) is 7.33. The molecule has 0 spiro atoms. The summed E-state index contributed by atoms with van der Waals surface area (Å²) in [4.78, 5) is 0. The van der Waals surface area contributed by atoms with Gasteiger partial charge in [-0.15, -0.1) is 0 Å². The Kier molecular flexibility index (Phi) is 6.22. The summed E-state index contributed by atoms with van der Waals surface area (Å²) in [5.74, 6) is 0. The van der Waals surface area contributed by atoms with Gasteiger partial charge in [0.05, 0.1) is 26.4 Å². The van der Waals surface area contributed by atoms with E-state index in [0.717, 1.165) is 33.0 Å². The Morgan fingerprint density at radius 1 is 1.13 bits per heavy atom. The molecule has 0 saturated carbocycles. The lowest BCUT2D eigenvalue weighted by Crippen LogP contribution is -2.57. The summed E-state index contributed by atoms with van der Waals surface area (Å²) in [6, 6.07) is 0. The molecule has 0 bridgehead atoms. The van der Waals surface area contributed by atoms with Crippen LogP contribution < -0.4 is 0 Å². The van der Waals surface area contributed by atoms with Gasteiger partial charge in [0, 0.05) is 6.61 Å². The number of morpholine rings is 1. The van der Waals surface area contributed by atoms with Crippen molar-refractivity contribution in [1.29, 1.82) is 0 Å². The van der Waals surface area contributed by atoms with Gasteiger partial charge in [-0.3, -0.25) is 0 Å². The van der Waals surface area contributed by atoms with Crippen molar-refractivity contribution in [1.82, 2.24) is 0 Å². The highest BCUT2D eigenvalue weighted by atomic mass is 16.5. The highest BCUT2D eigenvalue weighted by Crippen LogP contribution is 2.13. The molecular formula is C12H26NO2+. The minimum Gasteiger partial charge on any atom is -0.376 e. The normalized spacial score (nSPS) is 20.4. The molecule has 0 N–H and O–H groups in total. The Labute approximate surface area is 93.9 Å². The van der Waals surface area contributed by atoms with Gasteiger partial charge in [-0.05, 0) is 13.3 Å². The fraction of sp³-hybridized carbons (Fsp3) is 1.00. The van der Waals surface area contributed by atoms with Gasteiger partial charge in [0.25, 0.3) is 0 Å².